The highest BCUT2D eigenvalue weighted by Gasteiger charge is 2.23. The van der Waals surface area contributed by atoms with Crippen LogP contribution in [-0.2, 0) is 15.5 Å². The van der Waals surface area contributed by atoms with Crippen LogP contribution in [0.25, 0.3) is 0 Å². The molecule has 0 spiro atoms. The van der Waals surface area contributed by atoms with E-state index in [2.05, 4.69) is 11.9 Å². The van der Waals surface area contributed by atoms with Crippen molar-refractivity contribution in [3.63, 3.8) is 0 Å². The first-order valence-corrected chi connectivity index (χ1v) is 6.35. The smallest absolute Gasteiger partial charge is 0.246 e. The maximum atomic E-state index is 11.3. The van der Waals surface area contributed by atoms with Gasteiger partial charge in [-0.3, -0.25) is 4.79 Å². The van der Waals surface area contributed by atoms with Crippen LogP contribution in [0, 0.1) is 0 Å². The molecule has 5 heteroatoms. The normalized spacial score (nSPS) is 26.3. The van der Waals surface area contributed by atoms with E-state index in [-0.39, 0.29) is 17.2 Å². The molecule has 4 nitrogen and oxygen atoms in total. The summed E-state index contributed by atoms with van der Waals surface area (Å²) in [6.07, 6.45) is 2.79. The number of thiol groups is 1. The zero-order valence-corrected chi connectivity index (χ0v) is 9.76. The number of amides is 1. The highest BCUT2D eigenvalue weighted by atomic mass is 32.2. The van der Waals surface area contributed by atoms with Crippen molar-refractivity contribution >= 4 is 16.6 Å². The zero-order valence-electron chi connectivity index (χ0n) is 8.86. The van der Waals surface area contributed by atoms with Crippen molar-refractivity contribution in [1.82, 2.24) is 5.32 Å². The molecular weight excluding hydrogens is 214 g/mol. The van der Waals surface area contributed by atoms with Crippen LogP contribution in [0.3, 0.4) is 0 Å². The Morgan fingerprint density at radius 2 is 1.80 bits per heavy atom. The Kier molecular flexibility index (Phi) is 4.32. The van der Waals surface area contributed by atoms with Crippen LogP contribution in [0.2, 0.25) is 0 Å². The third-order valence-corrected chi connectivity index (χ3v) is 3.83. The van der Waals surface area contributed by atoms with Gasteiger partial charge in [-0.1, -0.05) is 6.58 Å². The lowest BCUT2D eigenvalue weighted by atomic mass is 9.95. The first kappa shape index (κ1) is 12.2. The largest absolute Gasteiger partial charge is 0.350 e. The van der Waals surface area contributed by atoms with Gasteiger partial charge >= 0.3 is 0 Å². The number of hydrogen-bond donors (Lipinski definition) is 2. The van der Waals surface area contributed by atoms with Crippen molar-refractivity contribution in [2.75, 3.05) is 0 Å². The van der Waals surface area contributed by atoms with E-state index in [1.165, 1.54) is 0 Å². The Balaban J connectivity index is 2.38. The summed E-state index contributed by atoms with van der Waals surface area (Å²) in [5, 5.41) is 2.65. The minimum atomic E-state index is -2.30. The highest BCUT2D eigenvalue weighted by Crippen LogP contribution is 2.20. The summed E-state index contributed by atoms with van der Waals surface area (Å²) in [6.45, 7) is 5.22. The van der Waals surface area contributed by atoms with Gasteiger partial charge < -0.3 is 5.32 Å². The molecule has 1 fully saturated rings. The van der Waals surface area contributed by atoms with E-state index >= 15 is 0 Å². The molecule has 0 aromatic carbocycles. The van der Waals surface area contributed by atoms with Crippen molar-refractivity contribution < 1.29 is 13.2 Å². The second-order valence-electron chi connectivity index (χ2n) is 4.04. The minimum absolute atomic E-state index is 0.111. The molecule has 1 aliphatic rings. The van der Waals surface area contributed by atoms with E-state index in [0.29, 0.717) is 18.4 Å². The van der Waals surface area contributed by atoms with Gasteiger partial charge in [0.25, 0.3) is 0 Å². The van der Waals surface area contributed by atoms with Gasteiger partial charge in [0.05, 0.1) is 5.25 Å². The number of carbonyl (C=O) groups is 1. The topological polar surface area (TPSA) is 63.2 Å². The average Bonchev–Trinajstić information content (AvgIpc) is 2.18. The fourth-order valence-corrected chi connectivity index (χ4v) is 2.46. The predicted octanol–water partition coefficient (Wildman–Crippen LogP) is 0.601. The van der Waals surface area contributed by atoms with Crippen molar-refractivity contribution in [2.24, 2.45) is 0 Å². The van der Waals surface area contributed by atoms with Gasteiger partial charge in [0, 0.05) is 11.6 Å². The molecule has 1 N–H and O–H groups in total. The van der Waals surface area contributed by atoms with Crippen LogP contribution in [0.15, 0.2) is 12.2 Å². The Morgan fingerprint density at radius 3 is 2.20 bits per heavy atom. The van der Waals surface area contributed by atoms with Crippen LogP contribution < -0.4 is 5.32 Å². The van der Waals surface area contributed by atoms with Crippen molar-refractivity contribution in [1.29, 1.82) is 0 Å². The first-order chi connectivity index (χ1) is 7.00. The summed E-state index contributed by atoms with van der Waals surface area (Å²) in [5.74, 6) is -0.134. The molecule has 0 saturated heterocycles. The maximum absolute atomic E-state index is 11.3. The van der Waals surface area contributed by atoms with Crippen LogP contribution in [0.4, 0.5) is 0 Å². The lowest BCUT2D eigenvalue weighted by Gasteiger charge is -2.26. The van der Waals surface area contributed by atoms with Crippen LogP contribution in [-0.4, -0.2) is 25.6 Å². The SMILES string of the molecule is C=C(C)C(=O)NC1CCC([SH](=O)=O)CC1. The molecule has 86 valence electrons. The summed E-state index contributed by atoms with van der Waals surface area (Å²) >= 11 is 0. The Morgan fingerprint density at radius 1 is 1.27 bits per heavy atom. The number of rotatable bonds is 3. The third kappa shape index (κ3) is 3.66. The number of hydrogen-bond acceptors (Lipinski definition) is 3. The van der Waals surface area contributed by atoms with E-state index < -0.39 is 10.7 Å². The van der Waals surface area contributed by atoms with Gasteiger partial charge in [0.1, 0.15) is 10.7 Å². The molecule has 0 bridgehead atoms. The van der Waals surface area contributed by atoms with Gasteiger partial charge in [-0.25, -0.2) is 8.42 Å². The van der Waals surface area contributed by atoms with Gasteiger partial charge in [-0.2, -0.15) is 0 Å². The maximum Gasteiger partial charge on any atom is 0.246 e. The Labute approximate surface area is 91.7 Å². The van der Waals surface area contributed by atoms with Crippen LogP contribution in [0.5, 0.6) is 0 Å². The summed E-state index contributed by atoms with van der Waals surface area (Å²) in [7, 11) is -2.30. The molecule has 0 aromatic rings. The van der Waals surface area contributed by atoms with Crippen molar-refractivity contribution in [2.45, 2.75) is 43.9 Å². The van der Waals surface area contributed by atoms with Gasteiger partial charge in [0.2, 0.25) is 5.91 Å². The first-order valence-electron chi connectivity index (χ1n) is 5.10. The monoisotopic (exact) mass is 231 g/mol. The molecule has 1 saturated carbocycles. The van der Waals surface area contributed by atoms with Crippen LogP contribution >= 0.6 is 0 Å². The lowest BCUT2D eigenvalue weighted by Crippen LogP contribution is -2.39. The van der Waals surface area contributed by atoms with Crippen molar-refractivity contribution in [3.8, 4) is 0 Å². The third-order valence-electron chi connectivity index (χ3n) is 2.72. The van der Waals surface area contributed by atoms with E-state index in [4.69, 9.17) is 0 Å². The summed E-state index contributed by atoms with van der Waals surface area (Å²) in [6, 6.07) is 0.111. The molecule has 0 radical (unpaired) electrons. The molecular formula is C10H17NO3S. The fraction of sp³-hybridized carbons (Fsp3) is 0.700. The van der Waals surface area contributed by atoms with Crippen LogP contribution in [0.1, 0.15) is 32.6 Å². The second-order valence-corrected chi connectivity index (χ2v) is 5.35. The van der Waals surface area contributed by atoms with Gasteiger partial charge in [0.15, 0.2) is 0 Å². The number of carbonyl (C=O) groups excluding carboxylic acids is 1. The average molecular weight is 231 g/mol. The molecule has 0 aromatic heterocycles. The summed E-state index contributed by atoms with van der Waals surface area (Å²) in [4.78, 5) is 11.3. The van der Waals surface area contributed by atoms with E-state index in [9.17, 15) is 13.2 Å². The lowest BCUT2D eigenvalue weighted by molar-refractivity contribution is -0.118. The minimum Gasteiger partial charge on any atom is -0.350 e. The van der Waals surface area contributed by atoms with E-state index in [0.717, 1.165) is 12.8 Å². The van der Waals surface area contributed by atoms with Gasteiger partial charge in [-0.15, -0.1) is 0 Å². The Hall–Kier alpha value is -0.840. The van der Waals surface area contributed by atoms with Crippen molar-refractivity contribution in [3.05, 3.63) is 12.2 Å². The molecule has 1 amide bonds. The number of nitrogens with one attached hydrogen (secondary N) is 1. The molecule has 0 aliphatic heterocycles. The van der Waals surface area contributed by atoms with E-state index in [1.807, 2.05) is 0 Å². The molecule has 0 heterocycles. The molecule has 1 rings (SSSR count). The van der Waals surface area contributed by atoms with Gasteiger partial charge in [-0.05, 0) is 32.6 Å². The van der Waals surface area contributed by atoms with E-state index in [1.54, 1.807) is 6.92 Å². The zero-order chi connectivity index (χ0) is 11.4. The standard InChI is InChI=1S/C10H17NO3S/c1-7(2)10(12)11-8-3-5-9(6-4-8)15(13)14/h8-9,15H,1,3-6H2,2H3,(H,11,12). The second kappa shape index (κ2) is 5.30. The molecule has 1 aliphatic carbocycles. The summed E-state index contributed by atoms with van der Waals surface area (Å²) < 4.78 is 21.5. The predicted molar refractivity (Wildman–Crippen MR) is 59.3 cm³/mol. The Bertz CT molecular complexity index is 320. The quantitative estimate of drug-likeness (QED) is 0.552. The summed E-state index contributed by atoms with van der Waals surface area (Å²) in [5.41, 5.74) is 0.493. The molecule has 15 heavy (non-hydrogen) atoms. The highest BCUT2D eigenvalue weighted by molar-refractivity contribution is 7.73. The molecule has 0 unspecified atom stereocenters. The fourth-order valence-electron chi connectivity index (χ4n) is 1.74. The molecule has 0 atom stereocenters.